The number of ether oxygens (including phenoxy) is 1. The minimum Gasteiger partial charge on any atom is -0.465 e. The van der Waals surface area contributed by atoms with Crippen LogP contribution in [0.3, 0.4) is 0 Å². The summed E-state index contributed by atoms with van der Waals surface area (Å²) in [4.78, 5) is 39.7. The van der Waals surface area contributed by atoms with E-state index in [0.717, 1.165) is 27.9 Å². The van der Waals surface area contributed by atoms with Crippen molar-refractivity contribution < 1.29 is 24.2 Å². The molecule has 0 spiro atoms. The smallest absolute Gasteiger partial charge is 0.408 e. The summed E-state index contributed by atoms with van der Waals surface area (Å²) in [6.07, 6.45) is -0.203. The summed E-state index contributed by atoms with van der Waals surface area (Å²) >= 11 is 0. The zero-order chi connectivity index (χ0) is 27.5. The third kappa shape index (κ3) is 6.81. The first-order chi connectivity index (χ1) is 17.3. The quantitative estimate of drug-likeness (QED) is 0.498. The molecule has 1 heterocycles. The average Bonchev–Trinajstić information content (AvgIpc) is 2.77. The highest BCUT2D eigenvalue weighted by Gasteiger charge is 2.38. The van der Waals surface area contributed by atoms with Crippen LogP contribution in [0.5, 0.6) is 0 Å². The van der Waals surface area contributed by atoms with Gasteiger partial charge in [0.2, 0.25) is 5.91 Å². The van der Waals surface area contributed by atoms with Gasteiger partial charge in [0, 0.05) is 31.2 Å². The SMILES string of the molecule is CC(=O)N1c2ccc(-c3ccc(CCNC(=O)OC(C)(C)C)cc3)cc2[C@H](N(C(=O)O)C(C)C)C[C@@H]1C. The van der Waals surface area contributed by atoms with Crippen molar-refractivity contribution in [1.82, 2.24) is 10.2 Å². The van der Waals surface area contributed by atoms with Gasteiger partial charge in [-0.15, -0.1) is 0 Å². The molecule has 0 radical (unpaired) electrons. The number of carbonyl (C=O) groups excluding carboxylic acids is 2. The summed E-state index contributed by atoms with van der Waals surface area (Å²) < 4.78 is 5.27. The number of amides is 3. The summed E-state index contributed by atoms with van der Waals surface area (Å²) in [5.41, 5.74) is 4.09. The molecular weight excluding hydrogens is 470 g/mol. The molecule has 8 nitrogen and oxygen atoms in total. The van der Waals surface area contributed by atoms with Gasteiger partial charge < -0.3 is 20.1 Å². The van der Waals surface area contributed by atoms with Crippen LogP contribution in [0.4, 0.5) is 15.3 Å². The minimum absolute atomic E-state index is 0.0595. The van der Waals surface area contributed by atoms with Crippen LogP contribution in [0.2, 0.25) is 0 Å². The molecule has 3 rings (SSSR count). The summed E-state index contributed by atoms with van der Waals surface area (Å²) in [6, 6.07) is 13.3. The van der Waals surface area contributed by atoms with E-state index < -0.39 is 17.8 Å². The lowest BCUT2D eigenvalue weighted by Crippen LogP contribution is -2.48. The first-order valence-electron chi connectivity index (χ1n) is 12.8. The molecule has 1 aliphatic heterocycles. The van der Waals surface area contributed by atoms with E-state index in [9.17, 15) is 19.5 Å². The molecule has 0 unspecified atom stereocenters. The zero-order valence-corrected chi connectivity index (χ0v) is 22.9. The van der Waals surface area contributed by atoms with Crippen LogP contribution in [-0.4, -0.2) is 52.3 Å². The maximum absolute atomic E-state index is 12.5. The number of carboxylic acid groups (broad SMARTS) is 1. The largest absolute Gasteiger partial charge is 0.465 e. The Morgan fingerprint density at radius 1 is 1.11 bits per heavy atom. The van der Waals surface area contributed by atoms with Gasteiger partial charge in [0.05, 0.1) is 6.04 Å². The number of hydrogen-bond donors (Lipinski definition) is 2. The lowest BCUT2D eigenvalue weighted by Gasteiger charge is -2.43. The van der Waals surface area contributed by atoms with Crippen molar-refractivity contribution in [2.75, 3.05) is 11.4 Å². The Kier molecular flexibility index (Phi) is 8.51. The molecule has 0 fully saturated rings. The molecular formula is C29H39N3O5. The molecule has 200 valence electrons. The molecule has 0 saturated heterocycles. The second-order valence-corrected chi connectivity index (χ2v) is 10.9. The van der Waals surface area contributed by atoms with E-state index in [0.29, 0.717) is 19.4 Å². The molecule has 2 aromatic rings. The van der Waals surface area contributed by atoms with E-state index in [4.69, 9.17) is 4.74 Å². The van der Waals surface area contributed by atoms with Crippen molar-refractivity contribution in [2.24, 2.45) is 0 Å². The van der Waals surface area contributed by atoms with Crippen LogP contribution in [0, 0.1) is 0 Å². The highest BCUT2D eigenvalue weighted by molar-refractivity contribution is 5.94. The third-order valence-electron chi connectivity index (χ3n) is 6.47. The normalized spacial score (nSPS) is 17.2. The summed E-state index contributed by atoms with van der Waals surface area (Å²) in [5.74, 6) is -0.0595. The van der Waals surface area contributed by atoms with Gasteiger partial charge >= 0.3 is 12.2 Å². The van der Waals surface area contributed by atoms with Crippen molar-refractivity contribution in [3.63, 3.8) is 0 Å². The molecule has 1 aliphatic rings. The second-order valence-electron chi connectivity index (χ2n) is 10.9. The highest BCUT2D eigenvalue weighted by Crippen LogP contribution is 2.43. The van der Waals surface area contributed by atoms with Crippen molar-refractivity contribution in [2.45, 2.75) is 85.0 Å². The standard InChI is InChI=1S/C29H39N3O5/c1-18(2)31(28(35)36)26-16-19(3)32(20(4)33)25-13-12-23(17-24(25)26)22-10-8-21(9-11-22)14-15-30-27(34)37-29(5,6)7/h8-13,17-19,26H,14-16H2,1-7H3,(H,30,34)(H,35,36)/t19-,26+/m0/s1. The highest BCUT2D eigenvalue weighted by atomic mass is 16.6. The lowest BCUT2D eigenvalue weighted by molar-refractivity contribution is -0.117. The van der Waals surface area contributed by atoms with Gasteiger partial charge in [0.1, 0.15) is 5.60 Å². The first-order valence-corrected chi connectivity index (χ1v) is 12.8. The predicted molar refractivity (Wildman–Crippen MR) is 145 cm³/mol. The van der Waals surface area contributed by atoms with Crippen LogP contribution in [0.1, 0.15) is 72.1 Å². The van der Waals surface area contributed by atoms with Crippen molar-refractivity contribution in [3.8, 4) is 11.1 Å². The van der Waals surface area contributed by atoms with Gasteiger partial charge in [-0.2, -0.15) is 0 Å². The van der Waals surface area contributed by atoms with E-state index in [1.807, 2.05) is 84.0 Å². The molecule has 2 atom stereocenters. The molecule has 0 aromatic heterocycles. The Morgan fingerprint density at radius 3 is 2.27 bits per heavy atom. The molecule has 2 N–H and O–H groups in total. The molecule has 0 aliphatic carbocycles. The Hall–Kier alpha value is -3.55. The summed E-state index contributed by atoms with van der Waals surface area (Å²) in [5, 5.41) is 12.7. The van der Waals surface area contributed by atoms with Gasteiger partial charge in [-0.05, 0) is 88.8 Å². The van der Waals surface area contributed by atoms with Crippen LogP contribution in [-0.2, 0) is 16.0 Å². The number of fused-ring (bicyclic) bond motifs is 1. The summed E-state index contributed by atoms with van der Waals surface area (Å²) in [7, 11) is 0. The average molecular weight is 510 g/mol. The molecule has 3 amide bonds. The van der Waals surface area contributed by atoms with Gasteiger partial charge in [-0.25, -0.2) is 9.59 Å². The van der Waals surface area contributed by atoms with E-state index in [2.05, 4.69) is 5.32 Å². The second kappa shape index (κ2) is 11.2. The third-order valence-corrected chi connectivity index (χ3v) is 6.47. The number of hydrogen-bond acceptors (Lipinski definition) is 4. The number of rotatable bonds is 6. The van der Waals surface area contributed by atoms with E-state index in [-0.39, 0.29) is 24.0 Å². The number of carbonyl (C=O) groups is 3. The Balaban J connectivity index is 1.85. The number of nitrogens with one attached hydrogen (secondary N) is 1. The van der Waals surface area contributed by atoms with E-state index in [1.54, 1.807) is 11.8 Å². The van der Waals surface area contributed by atoms with Gasteiger partial charge in [-0.1, -0.05) is 30.3 Å². The Labute approximate surface area is 219 Å². The number of alkyl carbamates (subject to hydrolysis) is 1. The fourth-order valence-electron chi connectivity index (χ4n) is 4.96. The zero-order valence-electron chi connectivity index (χ0n) is 22.9. The van der Waals surface area contributed by atoms with Gasteiger partial charge in [-0.3, -0.25) is 9.69 Å². The van der Waals surface area contributed by atoms with Crippen molar-refractivity contribution in [1.29, 1.82) is 0 Å². The van der Waals surface area contributed by atoms with Crippen molar-refractivity contribution >= 4 is 23.8 Å². The molecule has 37 heavy (non-hydrogen) atoms. The van der Waals surface area contributed by atoms with Crippen molar-refractivity contribution in [3.05, 3.63) is 53.6 Å². The number of nitrogens with zero attached hydrogens (tertiary/aromatic N) is 2. The van der Waals surface area contributed by atoms with Gasteiger partial charge in [0.25, 0.3) is 0 Å². The molecule has 0 saturated carbocycles. The maximum Gasteiger partial charge on any atom is 0.408 e. The molecule has 8 heteroatoms. The van der Waals surface area contributed by atoms with Crippen LogP contribution in [0.25, 0.3) is 11.1 Å². The molecule has 2 aromatic carbocycles. The number of anilines is 1. The monoisotopic (exact) mass is 509 g/mol. The maximum atomic E-state index is 12.5. The first kappa shape index (κ1) is 28.0. The minimum atomic E-state index is -0.968. The van der Waals surface area contributed by atoms with E-state index in [1.165, 1.54) is 4.90 Å². The fourth-order valence-corrected chi connectivity index (χ4v) is 4.96. The topological polar surface area (TPSA) is 99.2 Å². The predicted octanol–water partition coefficient (Wildman–Crippen LogP) is 6.00. The summed E-state index contributed by atoms with van der Waals surface area (Å²) in [6.45, 7) is 13.2. The van der Waals surface area contributed by atoms with Gasteiger partial charge in [0.15, 0.2) is 0 Å². The van der Waals surface area contributed by atoms with E-state index >= 15 is 0 Å². The molecule has 0 bridgehead atoms. The number of benzene rings is 2. The lowest BCUT2D eigenvalue weighted by atomic mass is 9.87. The fraction of sp³-hybridized carbons (Fsp3) is 0.483. The Morgan fingerprint density at radius 2 is 1.73 bits per heavy atom. The van der Waals surface area contributed by atoms with Crippen LogP contribution in [0.15, 0.2) is 42.5 Å². The Bertz CT molecular complexity index is 1140. The van der Waals surface area contributed by atoms with Crippen LogP contribution < -0.4 is 10.2 Å². The van der Waals surface area contributed by atoms with Crippen LogP contribution >= 0.6 is 0 Å².